The van der Waals surface area contributed by atoms with Crippen LogP contribution in [0.15, 0.2) is 16.7 Å². The summed E-state index contributed by atoms with van der Waals surface area (Å²) in [5, 5.41) is 0.625. The third kappa shape index (κ3) is 2.92. The van der Waals surface area contributed by atoms with Gasteiger partial charge in [0.15, 0.2) is 0 Å². The minimum atomic E-state index is 0.0969. The van der Waals surface area contributed by atoms with Gasteiger partial charge in [-0.05, 0) is 22.0 Å². The highest BCUT2D eigenvalue weighted by Gasteiger charge is 2.37. The van der Waals surface area contributed by atoms with E-state index in [1.165, 1.54) is 0 Å². The lowest BCUT2D eigenvalue weighted by molar-refractivity contribution is -0.135. The summed E-state index contributed by atoms with van der Waals surface area (Å²) in [4.78, 5) is 20.7. The molecule has 0 aliphatic carbocycles. The van der Waals surface area contributed by atoms with Gasteiger partial charge in [-0.1, -0.05) is 11.6 Å². The Bertz CT molecular complexity index is 518. The number of pyridine rings is 1. The van der Waals surface area contributed by atoms with Crippen molar-refractivity contribution >= 4 is 51.0 Å². The fourth-order valence-electron chi connectivity index (χ4n) is 2.49. The Labute approximate surface area is 136 Å². The summed E-state index contributed by atoms with van der Waals surface area (Å²) in [5.41, 5.74) is 0. The van der Waals surface area contributed by atoms with Gasteiger partial charge in [-0.2, -0.15) is 11.8 Å². The maximum absolute atomic E-state index is 12.3. The van der Waals surface area contributed by atoms with E-state index in [1.54, 1.807) is 6.20 Å². The van der Waals surface area contributed by atoms with Crippen LogP contribution in [0.25, 0.3) is 0 Å². The third-order valence-electron chi connectivity index (χ3n) is 3.64. The normalized spacial score (nSPS) is 19.9. The molecule has 3 heterocycles. The summed E-state index contributed by atoms with van der Waals surface area (Å²) in [6.45, 7) is 3.21. The monoisotopic (exact) mass is 375 g/mol. The van der Waals surface area contributed by atoms with Crippen LogP contribution in [0.3, 0.4) is 0 Å². The molecule has 20 heavy (non-hydrogen) atoms. The molecule has 0 aromatic carbocycles. The molecule has 2 aliphatic heterocycles. The minimum absolute atomic E-state index is 0.0969. The summed E-state index contributed by atoms with van der Waals surface area (Å²) in [5.74, 6) is 3.27. The average molecular weight is 377 g/mol. The van der Waals surface area contributed by atoms with Crippen molar-refractivity contribution in [1.82, 2.24) is 9.88 Å². The molecule has 2 saturated heterocycles. The van der Waals surface area contributed by atoms with Crippen LogP contribution in [0.1, 0.15) is 0 Å². The molecular formula is C13H15BrClN3OS. The van der Waals surface area contributed by atoms with E-state index < -0.39 is 0 Å². The SMILES string of the molecule is O=C(C1CN(c2ncc(Br)cc2Cl)C1)N1CCSCC1. The number of anilines is 1. The van der Waals surface area contributed by atoms with E-state index in [0.29, 0.717) is 5.02 Å². The molecule has 0 radical (unpaired) electrons. The Morgan fingerprint density at radius 2 is 2.10 bits per heavy atom. The van der Waals surface area contributed by atoms with E-state index in [9.17, 15) is 4.79 Å². The van der Waals surface area contributed by atoms with Crippen molar-refractivity contribution in [3.8, 4) is 0 Å². The van der Waals surface area contributed by atoms with Crippen LogP contribution in [-0.4, -0.2) is 53.5 Å². The Morgan fingerprint density at radius 1 is 1.40 bits per heavy atom. The molecule has 1 aromatic rings. The maximum Gasteiger partial charge on any atom is 0.229 e. The second-order valence-electron chi connectivity index (χ2n) is 5.00. The summed E-state index contributed by atoms with van der Waals surface area (Å²) in [6, 6.07) is 1.83. The van der Waals surface area contributed by atoms with Crippen molar-refractivity contribution in [1.29, 1.82) is 0 Å². The van der Waals surface area contributed by atoms with Crippen LogP contribution < -0.4 is 4.90 Å². The van der Waals surface area contributed by atoms with E-state index in [0.717, 1.165) is 48.0 Å². The van der Waals surface area contributed by atoms with Gasteiger partial charge in [0.05, 0.1) is 10.9 Å². The fraction of sp³-hybridized carbons (Fsp3) is 0.538. The zero-order valence-corrected chi connectivity index (χ0v) is 14.0. The molecule has 0 atom stereocenters. The molecule has 1 aromatic heterocycles. The highest BCUT2D eigenvalue weighted by Crippen LogP contribution is 2.31. The molecule has 2 fully saturated rings. The Kier molecular flexibility index (Phi) is 4.43. The first-order valence-corrected chi connectivity index (χ1v) is 8.90. The number of carbonyl (C=O) groups excluding carboxylic acids is 1. The van der Waals surface area contributed by atoms with E-state index in [-0.39, 0.29) is 11.8 Å². The Balaban J connectivity index is 1.59. The highest BCUT2D eigenvalue weighted by atomic mass is 79.9. The molecule has 108 valence electrons. The zero-order chi connectivity index (χ0) is 14.1. The van der Waals surface area contributed by atoms with Gasteiger partial charge in [0.2, 0.25) is 5.91 Å². The van der Waals surface area contributed by atoms with E-state index in [4.69, 9.17) is 11.6 Å². The maximum atomic E-state index is 12.3. The van der Waals surface area contributed by atoms with Gasteiger partial charge in [0, 0.05) is 48.4 Å². The smallest absolute Gasteiger partial charge is 0.229 e. The Hall–Kier alpha value is -0.460. The number of amides is 1. The van der Waals surface area contributed by atoms with Gasteiger partial charge in [-0.3, -0.25) is 4.79 Å². The molecule has 2 aliphatic rings. The lowest BCUT2D eigenvalue weighted by atomic mass is 9.98. The summed E-state index contributed by atoms with van der Waals surface area (Å²) < 4.78 is 0.866. The third-order valence-corrected chi connectivity index (χ3v) is 5.30. The first-order valence-electron chi connectivity index (χ1n) is 6.57. The number of halogens is 2. The number of rotatable bonds is 2. The molecule has 7 heteroatoms. The molecule has 3 rings (SSSR count). The van der Waals surface area contributed by atoms with Crippen molar-refractivity contribution < 1.29 is 4.79 Å². The van der Waals surface area contributed by atoms with Crippen molar-refractivity contribution in [2.45, 2.75) is 0 Å². The second kappa shape index (κ2) is 6.12. The van der Waals surface area contributed by atoms with Crippen molar-refractivity contribution in [2.24, 2.45) is 5.92 Å². The van der Waals surface area contributed by atoms with Gasteiger partial charge in [-0.15, -0.1) is 0 Å². The standard InChI is InChI=1S/C13H15BrClN3OS/c14-10-5-11(15)12(16-6-10)18-7-9(8-18)13(19)17-1-3-20-4-2-17/h5-6,9H,1-4,7-8H2. The average Bonchev–Trinajstić information content (AvgIpc) is 2.40. The van der Waals surface area contributed by atoms with Crippen LogP contribution in [0.5, 0.6) is 0 Å². The molecule has 0 spiro atoms. The fourth-order valence-corrected chi connectivity index (χ4v) is 4.14. The van der Waals surface area contributed by atoms with Crippen molar-refractivity contribution in [2.75, 3.05) is 42.6 Å². The lowest BCUT2D eigenvalue weighted by Crippen LogP contribution is -2.56. The van der Waals surface area contributed by atoms with Gasteiger partial charge >= 0.3 is 0 Å². The Morgan fingerprint density at radius 3 is 2.75 bits per heavy atom. The summed E-state index contributed by atoms with van der Waals surface area (Å²) >= 11 is 11.4. The lowest BCUT2D eigenvalue weighted by Gasteiger charge is -2.42. The largest absolute Gasteiger partial charge is 0.354 e. The molecule has 0 N–H and O–H groups in total. The van der Waals surface area contributed by atoms with Crippen LogP contribution in [0.2, 0.25) is 5.02 Å². The molecule has 0 unspecified atom stereocenters. The number of aromatic nitrogens is 1. The first-order chi connectivity index (χ1) is 9.65. The minimum Gasteiger partial charge on any atom is -0.354 e. The highest BCUT2D eigenvalue weighted by molar-refractivity contribution is 9.10. The predicted octanol–water partition coefficient (Wildman–Crippen LogP) is 2.51. The number of thioether (sulfide) groups is 1. The second-order valence-corrected chi connectivity index (χ2v) is 7.55. The van der Waals surface area contributed by atoms with Crippen LogP contribution in [0, 0.1) is 5.92 Å². The van der Waals surface area contributed by atoms with E-state index in [2.05, 4.69) is 25.8 Å². The van der Waals surface area contributed by atoms with Crippen LogP contribution in [0.4, 0.5) is 5.82 Å². The predicted molar refractivity (Wildman–Crippen MR) is 86.6 cm³/mol. The quantitative estimate of drug-likeness (QED) is 0.795. The molecular weight excluding hydrogens is 362 g/mol. The van der Waals surface area contributed by atoms with Gasteiger partial charge in [0.1, 0.15) is 5.82 Å². The summed E-state index contributed by atoms with van der Waals surface area (Å²) in [6.07, 6.45) is 1.73. The number of carbonyl (C=O) groups is 1. The molecule has 0 bridgehead atoms. The number of hydrogen-bond acceptors (Lipinski definition) is 4. The van der Waals surface area contributed by atoms with Gasteiger partial charge in [0.25, 0.3) is 0 Å². The van der Waals surface area contributed by atoms with Crippen LogP contribution >= 0.6 is 39.3 Å². The molecule has 1 amide bonds. The van der Waals surface area contributed by atoms with Gasteiger partial charge < -0.3 is 9.80 Å². The number of nitrogens with zero attached hydrogens (tertiary/aromatic N) is 3. The van der Waals surface area contributed by atoms with Gasteiger partial charge in [-0.25, -0.2) is 4.98 Å². The van der Waals surface area contributed by atoms with Crippen LogP contribution in [-0.2, 0) is 4.79 Å². The van der Waals surface area contributed by atoms with Crippen molar-refractivity contribution in [3.05, 3.63) is 21.8 Å². The topological polar surface area (TPSA) is 36.4 Å². The molecule has 4 nitrogen and oxygen atoms in total. The first kappa shape index (κ1) is 14.5. The summed E-state index contributed by atoms with van der Waals surface area (Å²) in [7, 11) is 0. The molecule has 0 saturated carbocycles. The van der Waals surface area contributed by atoms with E-state index in [1.807, 2.05) is 22.7 Å². The van der Waals surface area contributed by atoms with E-state index >= 15 is 0 Å². The number of hydrogen-bond donors (Lipinski definition) is 0. The zero-order valence-electron chi connectivity index (χ0n) is 10.9. The van der Waals surface area contributed by atoms with Crippen molar-refractivity contribution in [3.63, 3.8) is 0 Å².